The van der Waals surface area contributed by atoms with Crippen LogP contribution in [0.5, 0.6) is 0 Å². The van der Waals surface area contributed by atoms with Crippen LogP contribution in [0.25, 0.3) is 10.1 Å². The lowest BCUT2D eigenvalue weighted by atomic mass is 9.99. The number of fused-ring (bicyclic) bond motifs is 1. The molecule has 1 aromatic heterocycles. The van der Waals surface area contributed by atoms with Gasteiger partial charge in [-0.3, -0.25) is 4.90 Å². The summed E-state index contributed by atoms with van der Waals surface area (Å²) in [6.45, 7) is 6.27. The summed E-state index contributed by atoms with van der Waals surface area (Å²) >= 11 is 1.72. The molecule has 0 aliphatic carbocycles. The number of likely N-dealkylation sites (tertiary alicyclic amines) is 1. The highest BCUT2D eigenvalue weighted by Crippen LogP contribution is 2.34. The van der Waals surface area contributed by atoms with Gasteiger partial charge in [0, 0.05) is 34.6 Å². The molecule has 0 amide bonds. The molecule has 114 valence electrons. The van der Waals surface area contributed by atoms with Crippen LogP contribution in [0.2, 0.25) is 0 Å². The molecule has 21 heavy (non-hydrogen) atoms. The summed E-state index contributed by atoms with van der Waals surface area (Å²) in [5, 5.41) is 4.06. The fraction of sp³-hybridized carbons (Fsp3) is 0.529. The van der Waals surface area contributed by atoms with E-state index >= 15 is 0 Å². The van der Waals surface area contributed by atoms with E-state index in [0.717, 1.165) is 42.2 Å². The van der Waals surface area contributed by atoms with E-state index in [9.17, 15) is 4.39 Å². The van der Waals surface area contributed by atoms with Gasteiger partial charge in [0.25, 0.3) is 0 Å². The molecule has 1 aliphatic heterocycles. The Kier molecular flexibility index (Phi) is 4.57. The zero-order valence-corrected chi connectivity index (χ0v) is 13.6. The van der Waals surface area contributed by atoms with Crippen molar-refractivity contribution in [1.29, 1.82) is 0 Å². The van der Waals surface area contributed by atoms with Crippen molar-refractivity contribution in [2.75, 3.05) is 20.1 Å². The second-order valence-corrected chi connectivity index (χ2v) is 7.27. The van der Waals surface area contributed by atoms with Gasteiger partial charge in [-0.05, 0) is 50.0 Å². The first-order valence-electron chi connectivity index (χ1n) is 7.74. The van der Waals surface area contributed by atoms with Gasteiger partial charge in [0.2, 0.25) is 0 Å². The van der Waals surface area contributed by atoms with Crippen LogP contribution in [-0.4, -0.2) is 25.0 Å². The van der Waals surface area contributed by atoms with Crippen molar-refractivity contribution < 1.29 is 4.39 Å². The van der Waals surface area contributed by atoms with Gasteiger partial charge in [0.15, 0.2) is 0 Å². The highest BCUT2D eigenvalue weighted by atomic mass is 32.1. The summed E-state index contributed by atoms with van der Waals surface area (Å²) in [6.07, 6.45) is 2.58. The van der Waals surface area contributed by atoms with Crippen molar-refractivity contribution in [3.8, 4) is 0 Å². The smallest absolute Gasteiger partial charge is 0.132 e. The molecule has 0 spiro atoms. The highest BCUT2D eigenvalue weighted by Gasteiger charge is 2.21. The Hall–Kier alpha value is -0.970. The average molecular weight is 306 g/mol. The van der Waals surface area contributed by atoms with Gasteiger partial charge in [-0.2, -0.15) is 0 Å². The third-order valence-corrected chi connectivity index (χ3v) is 5.50. The van der Waals surface area contributed by atoms with Crippen molar-refractivity contribution in [2.45, 2.75) is 32.9 Å². The van der Waals surface area contributed by atoms with Crippen LogP contribution >= 0.6 is 11.3 Å². The molecule has 2 aromatic rings. The standard InChI is InChI=1S/C17H23FN2S/c1-12-5-4-8-20(10-12)11-13-16(9-19-2)21-15-7-3-6-14(18)17(13)15/h3,6-7,12,19H,4-5,8-11H2,1-2H3. The van der Waals surface area contributed by atoms with Gasteiger partial charge >= 0.3 is 0 Å². The lowest BCUT2D eigenvalue weighted by Gasteiger charge is -2.31. The van der Waals surface area contributed by atoms with Crippen molar-refractivity contribution >= 4 is 21.4 Å². The summed E-state index contributed by atoms with van der Waals surface area (Å²) in [6, 6.07) is 5.43. The fourth-order valence-electron chi connectivity index (χ4n) is 3.34. The molecule has 4 heteroatoms. The van der Waals surface area contributed by atoms with E-state index in [0.29, 0.717) is 0 Å². The van der Waals surface area contributed by atoms with E-state index in [1.165, 1.54) is 23.3 Å². The van der Waals surface area contributed by atoms with Crippen LogP contribution in [0.4, 0.5) is 4.39 Å². The molecule has 1 N–H and O–H groups in total. The number of rotatable bonds is 4. The number of hydrogen-bond acceptors (Lipinski definition) is 3. The maximum absolute atomic E-state index is 14.3. The molecular weight excluding hydrogens is 283 g/mol. The third kappa shape index (κ3) is 3.12. The average Bonchev–Trinajstić information content (AvgIpc) is 2.79. The fourth-order valence-corrected chi connectivity index (χ4v) is 4.58. The minimum Gasteiger partial charge on any atom is -0.315 e. The van der Waals surface area contributed by atoms with Crippen LogP contribution in [-0.2, 0) is 13.1 Å². The van der Waals surface area contributed by atoms with Gasteiger partial charge in [-0.15, -0.1) is 11.3 Å². The first-order valence-corrected chi connectivity index (χ1v) is 8.56. The molecule has 2 nitrogen and oxygen atoms in total. The molecule has 1 aliphatic rings. The number of thiophene rings is 1. The van der Waals surface area contributed by atoms with Gasteiger partial charge in [-0.25, -0.2) is 4.39 Å². The second kappa shape index (κ2) is 6.42. The zero-order valence-electron chi connectivity index (χ0n) is 12.8. The number of hydrogen-bond donors (Lipinski definition) is 1. The Morgan fingerprint density at radius 1 is 1.43 bits per heavy atom. The SMILES string of the molecule is CNCc1sc2cccc(F)c2c1CN1CCCC(C)C1. The molecule has 0 radical (unpaired) electrons. The zero-order chi connectivity index (χ0) is 14.8. The number of benzene rings is 1. The Morgan fingerprint density at radius 3 is 3.05 bits per heavy atom. The molecule has 0 saturated carbocycles. The predicted octanol–water partition coefficient (Wildman–Crippen LogP) is 3.99. The Morgan fingerprint density at radius 2 is 2.29 bits per heavy atom. The Bertz CT molecular complexity index is 623. The third-order valence-electron chi connectivity index (χ3n) is 4.31. The summed E-state index contributed by atoms with van der Waals surface area (Å²) in [7, 11) is 1.95. The molecule has 1 atom stereocenters. The molecular formula is C17H23FN2S. The maximum Gasteiger partial charge on any atom is 0.132 e. The first kappa shape index (κ1) is 14.9. The normalized spacial score (nSPS) is 20.2. The minimum atomic E-state index is -0.0776. The van der Waals surface area contributed by atoms with E-state index in [2.05, 4.69) is 17.1 Å². The quantitative estimate of drug-likeness (QED) is 0.919. The number of piperidine rings is 1. The molecule has 1 aromatic carbocycles. The van der Waals surface area contributed by atoms with Gasteiger partial charge in [0.1, 0.15) is 5.82 Å². The van der Waals surface area contributed by atoms with Crippen LogP contribution in [0.1, 0.15) is 30.2 Å². The van der Waals surface area contributed by atoms with E-state index in [1.807, 2.05) is 19.2 Å². The van der Waals surface area contributed by atoms with Gasteiger partial charge in [-0.1, -0.05) is 13.0 Å². The van der Waals surface area contributed by atoms with E-state index < -0.39 is 0 Å². The van der Waals surface area contributed by atoms with Crippen LogP contribution < -0.4 is 5.32 Å². The number of halogens is 1. The van der Waals surface area contributed by atoms with Gasteiger partial charge in [0.05, 0.1) is 0 Å². The lowest BCUT2D eigenvalue weighted by molar-refractivity contribution is 0.177. The summed E-state index contributed by atoms with van der Waals surface area (Å²) in [5.41, 5.74) is 1.19. The lowest BCUT2D eigenvalue weighted by Crippen LogP contribution is -2.34. The number of nitrogens with zero attached hydrogens (tertiary/aromatic N) is 1. The molecule has 3 rings (SSSR count). The highest BCUT2D eigenvalue weighted by molar-refractivity contribution is 7.19. The Balaban J connectivity index is 1.96. The van der Waals surface area contributed by atoms with Crippen molar-refractivity contribution in [1.82, 2.24) is 10.2 Å². The topological polar surface area (TPSA) is 15.3 Å². The van der Waals surface area contributed by atoms with Gasteiger partial charge < -0.3 is 5.32 Å². The van der Waals surface area contributed by atoms with Crippen LogP contribution in [0, 0.1) is 11.7 Å². The van der Waals surface area contributed by atoms with E-state index in [-0.39, 0.29) is 5.82 Å². The molecule has 1 unspecified atom stereocenters. The summed E-state index contributed by atoms with van der Waals surface area (Å²) in [4.78, 5) is 3.76. The van der Waals surface area contributed by atoms with Crippen LogP contribution in [0.15, 0.2) is 18.2 Å². The summed E-state index contributed by atoms with van der Waals surface area (Å²) < 4.78 is 15.4. The van der Waals surface area contributed by atoms with E-state index in [1.54, 1.807) is 17.4 Å². The molecule has 1 saturated heterocycles. The first-order chi connectivity index (χ1) is 10.2. The molecule has 0 bridgehead atoms. The monoisotopic (exact) mass is 306 g/mol. The predicted molar refractivity (Wildman–Crippen MR) is 88.2 cm³/mol. The van der Waals surface area contributed by atoms with Crippen molar-refractivity contribution in [3.63, 3.8) is 0 Å². The Labute approximate surface area is 130 Å². The number of nitrogens with one attached hydrogen (secondary N) is 1. The van der Waals surface area contributed by atoms with Crippen molar-refractivity contribution in [2.24, 2.45) is 5.92 Å². The summed E-state index contributed by atoms with van der Waals surface area (Å²) in [5.74, 6) is 0.674. The molecule has 2 heterocycles. The molecule has 1 fully saturated rings. The van der Waals surface area contributed by atoms with Crippen LogP contribution in [0.3, 0.4) is 0 Å². The van der Waals surface area contributed by atoms with Crippen molar-refractivity contribution in [3.05, 3.63) is 34.5 Å². The maximum atomic E-state index is 14.3. The van der Waals surface area contributed by atoms with E-state index in [4.69, 9.17) is 0 Å². The largest absolute Gasteiger partial charge is 0.315 e. The second-order valence-electron chi connectivity index (χ2n) is 6.13. The minimum absolute atomic E-state index is 0.0776.